The van der Waals surface area contributed by atoms with Gasteiger partial charge in [-0.1, -0.05) is 64.5 Å². The summed E-state index contributed by atoms with van der Waals surface area (Å²) >= 11 is 4.03. The van der Waals surface area contributed by atoms with Crippen molar-refractivity contribution in [2.45, 2.75) is 29.5 Å². The van der Waals surface area contributed by atoms with Crippen molar-refractivity contribution >= 4 is 39.3 Å². The van der Waals surface area contributed by atoms with Gasteiger partial charge >= 0.3 is 0 Å². The van der Waals surface area contributed by atoms with E-state index in [0.29, 0.717) is 11.3 Å². The van der Waals surface area contributed by atoms with Gasteiger partial charge in [-0.2, -0.15) is 0 Å². The summed E-state index contributed by atoms with van der Waals surface area (Å²) in [5, 5.41) is 0. The lowest BCUT2D eigenvalue weighted by Gasteiger charge is -2.51. The Morgan fingerprint density at radius 1 is 0.778 bits per heavy atom. The Morgan fingerprint density at radius 3 is 1.97 bits per heavy atom. The molecule has 6 heteroatoms. The van der Waals surface area contributed by atoms with Crippen LogP contribution in [0.2, 0.25) is 0 Å². The van der Waals surface area contributed by atoms with Gasteiger partial charge in [0.1, 0.15) is 0 Å². The number of likely N-dealkylation sites (tertiary alicyclic amines) is 1. The summed E-state index contributed by atoms with van der Waals surface area (Å²) in [7, 11) is 0. The summed E-state index contributed by atoms with van der Waals surface area (Å²) in [6.07, 6.45) is 3.22. The van der Waals surface area contributed by atoms with Crippen LogP contribution < -0.4 is 4.90 Å². The van der Waals surface area contributed by atoms with Gasteiger partial charge in [0, 0.05) is 24.6 Å². The zero-order chi connectivity index (χ0) is 24.6. The third-order valence-corrected chi connectivity index (χ3v) is 9.88. The number of hydrogen-bond acceptors (Lipinski definition) is 3. The largest absolute Gasteiger partial charge is 0.339 e. The fourth-order valence-electron chi connectivity index (χ4n) is 6.97. The van der Waals surface area contributed by atoms with Gasteiger partial charge in [0.2, 0.25) is 11.8 Å². The summed E-state index contributed by atoms with van der Waals surface area (Å²) < 4.78 is -0.759. The van der Waals surface area contributed by atoms with E-state index in [0.717, 1.165) is 54.6 Å². The van der Waals surface area contributed by atoms with Gasteiger partial charge in [0.05, 0.1) is 21.8 Å². The Kier molecular flexibility index (Phi) is 4.81. The topological polar surface area (TPSA) is 57.7 Å². The molecule has 2 aliphatic heterocycles. The van der Waals surface area contributed by atoms with Crippen molar-refractivity contribution in [3.63, 3.8) is 0 Å². The summed E-state index contributed by atoms with van der Waals surface area (Å²) in [4.78, 5) is 44.2. The Bertz CT molecular complexity index is 1380. The number of amides is 3. The molecule has 3 aromatic rings. The lowest BCUT2D eigenvalue weighted by atomic mass is 9.55. The monoisotopic (exact) mass is 540 g/mol. The number of piperidine rings is 1. The second-order valence-electron chi connectivity index (χ2n) is 10.3. The van der Waals surface area contributed by atoms with Gasteiger partial charge in [-0.05, 0) is 65.8 Å². The first kappa shape index (κ1) is 22.0. The second kappa shape index (κ2) is 7.87. The van der Waals surface area contributed by atoms with Crippen molar-refractivity contribution in [2.24, 2.45) is 11.8 Å². The van der Waals surface area contributed by atoms with Crippen molar-refractivity contribution < 1.29 is 14.4 Å². The zero-order valence-electron chi connectivity index (χ0n) is 19.7. The highest BCUT2D eigenvalue weighted by molar-refractivity contribution is 9.09. The highest BCUT2D eigenvalue weighted by Gasteiger charge is 2.67. The molecule has 2 bridgehead atoms. The van der Waals surface area contributed by atoms with Crippen molar-refractivity contribution in [1.82, 2.24) is 4.90 Å². The molecule has 3 aliphatic carbocycles. The molecule has 180 valence electrons. The fraction of sp³-hybridized carbons (Fsp3) is 0.300. The van der Waals surface area contributed by atoms with E-state index in [4.69, 9.17) is 0 Å². The molecule has 8 rings (SSSR count). The molecule has 0 spiro atoms. The predicted octanol–water partition coefficient (Wildman–Crippen LogP) is 5.22. The predicted molar refractivity (Wildman–Crippen MR) is 140 cm³/mol. The van der Waals surface area contributed by atoms with E-state index in [1.807, 2.05) is 29.2 Å². The van der Waals surface area contributed by atoms with Crippen LogP contribution >= 0.6 is 15.9 Å². The van der Waals surface area contributed by atoms with Crippen LogP contribution in [0.3, 0.4) is 0 Å². The van der Waals surface area contributed by atoms with E-state index in [2.05, 4.69) is 40.2 Å². The van der Waals surface area contributed by atoms with E-state index in [1.165, 1.54) is 4.90 Å². The van der Waals surface area contributed by atoms with Crippen molar-refractivity contribution in [3.05, 3.63) is 101 Å². The first-order valence-corrected chi connectivity index (χ1v) is 13.5. The number of carbonyl (C=O) groups excluding carboxylic acids is 3. The molecule has 0 saturated carbocycles. The van der Waals surface area contributed by atoms with Crippen molar-refractivity contribution in [2.75, 3.05) is 18.0 Å². The van der Waals surface area contributed by atoms with Gasteiger partial charge in [0.15, 0.2) is 0 Å². The fourth-order valence-corrected chi connectivity index (χ4v) is 8.17. The molecule has 2 heterocycles. The average molecular weight is 541 g/mol. The number of halogens is 1. The van der Waals surface area contributed by atoms with Gasteiger partial charge < -0.3 is 4.90 Å². The minimum Gasteiger partial charge on any atom is -0.339 e. The number of carbonyl (C=O) groups is 3. The van der Waals surface area contributed by atoms with Gasteiger partial charge in [0.25, 0.3) is 5.91 Å². The maximum Gasteiger partial charge on any atom is 0.253 e. The lowest BCUT2D eigenvalue weighted by molar-refractivity contribution is -0.122. The normalized spacial score (nSPS) is 28.1. The molecule has 0 aromatic heterocycles. The summed E-state index contributed by atoms with van der Waals surface area (Å²) in [6.45, 7) is 1.56. The maximum atomic E-state index is 14.0. The number of imide groups is 1. The third kappa shape index (κ3) is 2.79. The highest BCUT2D eigenvalue weighted by Crippen LogP contribution is 2.66. The third-order valence-electron chi connectivity index (χ3n) is 8.53. The van der Waals surface area contributed by atoms with Crippen LogP contribution in [0.25, 0.3) is 0 Å². The van der Waals surface area contributed by atoms with Gasteiger partial charge in [-0.15, -0.1) is 0 Å². The maximum absolute atomic E-state index is 14.0. The molecule has 3 aromatic carbocycles. The smallest absolute Gasteiger partial charge is 0.253 e. The van der Waals surface area contributed by atoms with E-state index in [9.17, 15) is 14.4 Å². The van der Waals surface area contributed by atoms with Crippen LogP contribution in [0.4, 0.5) is 5.69 Å². The van der Waals surface area contributed by atoms with Crippen LogP contribution in [0.1, 0.15) is 57.8 Å². The summed E-state index contributed by atoms with van der Waals surface area (Å²) in [6, 6.07) is 23.3. The highest BCUT2D eigenvalue weighted by atomic mass is 79.9. The quantitative estimate of drug-likeness (QED) is 0.331. The zero-order valence-corrected chi connectivity index (χ0v) is 21.3. The first-order chi connectivity index (χ1) is 17.5. The average Bonchev–Trinajstić information content (AvgIpc) is 3.20. The van der Waals surface area contributed by atoms with Crippen LogP contribution in [-0.4, -0.2) is 35.7 Å². The standard InChI is InChI=1S/C30H25BrN2O3/c31-30-22-10-4-2-8-20(22)24(21-9-3-5-11-23(21)30)25-26(30)29(36)33(28(25)35)19-14-12-18(13-15-19)27(34)32-16-6-1-7-17-32/h2-5,8-15,24-26H,1,6-7,16-17H2/t24?,25-,26+,30?/m0/s1. The number of nitrogens with zero attached hydrogens (tertiary/aromatic N) is 2. The van der Waals surface area contributed by atoms with Gasteiger partial charge in [-0.25, -0.2) is 4.90 Å². The molecule has 36 heavy (non-hydrogen) atoms. The van der Waals surface area contributed by atoms with Crippen LogP contribution in [0.5, 0.6) is 0 Å². The number of alkyl halides is 1. The molecule has 3 amide bonds. The molecule has 5 aliphatic rings. The minimum atomic E-state index is -0.759. The number of rotatable bonds is 2. The molecule has 2 saturated heterocycles. The van der Waals surface area contributed by atoms with Gasteiger partial charge in [-0.3, -0.25) is 14.4 Å². The van der Waals surface area contributed by atoms with E-state index < -0.39 is 16.2 Å². The van der Waals surface area contributed by atoms with Crippen molar-refractivity contribution in [1.29, 1.82) is 0 Å². The number of benzene rings is 3. The van der Waals surface area contributed by atoms with E-state index in [-0.39, 0.29) is 23.6 Å². The summed E-state index contributed by atoms with van der Waals surface area (Å²) in [5.41, 5.74) is 5.48. The molecular formula is C30H25BrN2O3. The summed E-state index contributed by atoms with van der Waals surface area (Å²) in [5.74, 6) is -1.52. The number of anilines is 1. The van der Waals surface area contributed by atoms with Crippen LogP contribution in [0.15, 0.2) is 72.8 Å². The Morgan fingerprint density at radius 2 is 1.36 bits per heavy atom. The molecule has 5 nitrogen and oxygen atoms in total. The molecule has 2 atom stereocenters. The van der Waals surface area contributed by atoms with Crippen LogP contribution in [-0.2, 0) is 13.9 Å². The Labute approximate surface area is 218 Å². The molecule has 2 fully saturated rings. The molecule has 0 radical (unpaired) electrons. The van der Waals surface area contributed by atoms with Crippen LogP contribution in [0, 0.1) is 11.8 Å². The molecule has 0 N–H and O–H groups in total. The number of hydrogen-bond donors (Lipinski definition) is 0. The minimum absolute atomic E-state index is 0.0114. The van der Waals surface area contributed by atoms with Crippen molar-refractivity contribution in [3.8, 4) is 0 Å². The van der Waals surface area contributed by atoms with E-state index >= 15 is 0 Å². The Hall–Kier alpha value is -3.25. The Balaban J connectivity index is 1.28. The van der Waals surface area contributed by atoms with E-state index in [1.54, 1.807) is 24.3 Å². The molecular weight excluding hydrogens is 516 g/mol. The second-order valence-corrected chi connectivity index (χ2v) is 11.5. The molecule has 0 unspecified atom stereocenters. The first-order valence-electron chi connectivity index (χ1n) is 12.7. The SMILES string of the molecule is O=C(c1ccc(N2C(=O)[C@H]3C4c5ccccc5C(Br)(c5ccccc54)[C@H]3C2=O)cc1)N1CCCCC1. The lowest BCUT2D eigenvalue weighted by Crippen LogP contribution is -2.50.